The lowest BCUT2D eigenvalue weighted by atomic mass is 10.0. The lowest BCUT2D eigenvalue weighted by Gasteiger charge is -2.32. The van der Waals surface area contributed by atoms with Gasteiger partial charge in [-0.2, -0.15) is 0 Å². The van der Waals surface area contributed by atoms with E-state index in [0.29, 0.717) is 42.9 Å². The number of amides is 2. The highest BCUT2D eigenvalue weighted by Crippen LogP contribution is 2.21. The maximum Gasteiger partial charge on any atom is 0.253 e. The molecule has 2 aromatic carbocycles. The predicted octanol–water partition coefficient (Wildman–Crippen LogP) is 3.52. The zero-order chi connectivity index (χ0) is 23.8. The highest BCUT2D eigenvalue weighted by molar-refractivity contribution is 7.89. The summed E-state index contributed by atoms with van der Waals surface area (Å²) in [5.41, 5.74) is 1.16. The second kappa shape index (κ2) is 11.6. The SMILES string of the molecule is CCCS(=O)(=O)N1CCC(NC(=O)CC(NC(=O)c2ccccc2Cl)c2ccccc2)CC1. The van der Waals surface area contributed by atoms with Gasteiger partial charge in [-0.3, -0.25) is 9.59 Å². The number of nitrogens with one attached hydrogen (secondary N) is 2. The number of hydrogen-bond donors (Lipinski definition) is 2. The third-order valence-corrected chi connectivity index (χ3v) is 8.10. The minimum Gasteiger partial charge on any atom is -0.353 e. The smallest absolute Gasteiger partial charge is 0.253 e. The maximum atomic E-state index is 12.8. The molecule has 1 saturated heterocycles. The molecule has 178 valence electrons. The molecule has 0 aromatic heterocycles. The van der Waals surface area contributed by atoms with Crippen LogP contribution in [0.15, 0.2) is 54.6 Å². The molecule has 0 spiro atoms. The van der Waals surface area contributed by atoms with Gasteiger partial charge in [0.1, 0.15) is 0 Å². The van der Waals surface area contributed by atoms with E-state index in [4.69, 9.17) is 11.6 Å². The third-order valence-electron chi connectivity index (χ3n) is 5.69. The summed E-state index contributed by atoms with van der Waals surface area (Å²) in [7, 11) is -3.22. The molecule has 0 bridgehead atoms. The zero-order valence-corrected chi connectivity index (χ0v) is 20.2. The van der Waals surface area contributed by atoms with Gasteiger partial charge in [-0.05, 0) is 37.0 Å². The van der Waals surface area contributed by atoms with Crippen molar-refractivity contribution in [2.75, 3.05) is 18.8 Å². The second-order valence-corrected chi connectivity index (χ2v) is 10.7. The monoisotopic (exact) mass is 491 g/mol. The summed E-state index contributed by atoms with van der Waals surface area (Å²) in [6, 6.07) is 15.5. The molecule has 0 saturated carbocycles. The quantitative estimate of drug-likeness (QED) is 0.561. The lowest BCUT2D eigenvalue weighted by Crippen LogP contribution is -2.47. The van der Waals surface area contributed by atoms with E-state index in [1.807, 2.05) is 37.3 Å². The molecule has 1 atom stereocenters. The Labute approximate surface area is 200 Å². The van der Waals surface area contributed by atoms with Crippen molar-refractivity contribution in [3.05, 3.63) is 70.7 Å². The first-order chi connectivity index (χ1) is 15.8. The van der Waals surface area contributed by atoms with Crippen LogP contribution in [0.5, 0.6) is 0 Å². The van der Waals surface area contributed by atoms with Gasteiger partial charge < -0.3 is 10.6 Å². The molecule has 3 rings (SSSR count). The van der Waals surface area contributed by atoms with E-state index in [-0.39, 0.29) is 30.0 Å². The molecule has 1 aliphatic heterocycles. The van der Waals surface area contributed by atoms with Gasteiger partial charge in [-0.25, -0.2) is 12.7 Å². The number of benzene rings is 2. The van der Waals surface area contributed by atoms with E-state index in [2.05, 4.69) is 10.6 Å². The summed E-state index contributed by atoms with van der Waals surface area (Å²) in [6.45, 7) is 2.65. The molecular formula is C24H30ClN3O4S. The number of rotatable bonds is 9. The Balaban J connectivity index is 1.62. The van der Waals surface area contributed by atoms with Crippen molar-refractivity contribution in [1.29, 1.82) is 0 Å². The standard InChI is InChI=1S/C24H30ClN3O4S/c1-2-16-33(31,32)28-14-12-19(13-15-28)26-23(29)17-22(18-8-4-3-5-9-18)27-24(30)20-10-6-7-11-21(20)25/h3-11,19,22H,2,12-17H2,1H3,(H,26,29)(H,27,30). The number of nitrogens with zero attached hydrogens (tertiary/aromatic N) is 1. The van der Waals surface area contributed by atoms with Gasteiger partial charge in [0.2, 0.25) is 15.9 Å². The minimum absolute atomic E-state index is 0.0640. The molecule has 9 heteroatoms. The van der Waals surface area contributed by atoms with Crippen LogP contribution < -0.4 is 10.6 Å². The van der Waals surface area contributed by atoms with Gasteiger partial charge in [-0.1, -0.05) is 61.0 Å². The number of carbonyl (C=O) groups excluding carboxylic acids is 2. The number of piperidine rings is 1. The van der Waals surface area contributed by atoms with Crippen molar-refractivity contribution >= 4 is 33.4 Å². The van der Waals surface area contributed by atoms with E-state index >= 15 is 0 Å². The van der Waals surface area contributed by atoms with E-state index in [0.717, 1.165) is 5.56 Å². The summed E-state index contributed by atoms with van der Waals surface area (Å²) in [5.74, 6) is -0.400. The number of sulfonamides is 1. The number of halogens is 1. The Bertz CT molecular complexity index is 1050. The van der Waals surface area contributed by atoms with Crippen molar-refractivity contribution in [1.82, 2.24) is 14.9 Å². The number of hydrogen-bond acceptors (Lipinski definition) is 4. The van der Waals surface area contributed by atoms with Crippen molar-refractivity contribution < 1.29 is 18.0 Å². The number of carbonyl (C=O) groups is 2. The van der Waals surface area contributed by atoms with Crippen LogP contribution in [0.25, 0.3) is 0 Å². The molecule has 33 heavy (non-hydrogen) atoms. The van der Waals surface area contributed by atoms with Gasteiger partial charge in [0.25, 0.3) is 5.91 Å². The van der Waals surface area contributed by atoms with Crippen LogP contribution in [-0.4, -0.2) is 49.4 Å². The van der Waals surface area contributed by atoms with Gasteiger partial charge in [0.05, 0.1) is 28.8 Å². The van der Waals surface area contributed by atoms with Gasteiger partial charge in [0, 0.05) is 19.1 Å². The minimum atomic E-state index is -3.22. The zero-order valence-electron chi connectivity index (χ0n) is 18.7. The van der Waals surface area contributed by atoms with Crippen LogP contribution in [-0.2, 0) is 14.8 Å². The van der Waals surface area contributed by atoms with Gasteiger partial charge >= 0.3 is 0 Å². The second-order valence-electron chi connectivity index (χ2n) is 8.18. The van der Waals surface area contributed by atoms with E-state index in [1.54, 1.807) is 24.3 Å². The molecule has 1 heterocycles. The van der Waals surface area contributed by atoms with Crippen molar-refractivity contribution in [3.8, 4) is 0 Å². The van der Waals surface area contributed by atoms with Crippen LogP contribution in [0.1, 0.15) is 54.6 Å². The highest BCUT2D eigenvalue weighted by Gasteiger charge is 2.29. The molecule has 0 radical (unpaired) electrons. The maximum absolute atomic E-state index is 12.8. The predicted molar refractivity (Wildman–Crippen MR) is 130 cm³/mol. The average molecular weight is 492 g/mol. The molecule has 1 unspecified atom stereocenters. The summed E-state index contributed by atoms with van der Waals surface area (Å²) in [6.07, 6.45) is 1.78. The Hall–Kier alpha value is -2.42. The van der Waals surface area contributed by atoms with Crippen molar-refractivity contribution in [3.63, 3.8) is 0 Å². The van der Waals surface area contributed by atoms with Gasteiger partial charge in [-0.15, -0.1) is 0 Å². The molecule has 2 N–H and O–H groups in total. The Morgan fingerprint density at radius 1 is 1.06 bits per heavy atom. The molecule has 0 aliphatic carbocycles. The van der Waals surface area contributed by atoms with Crippen LogP contribution in [0.3, 0.4) is 0 Å². The van der Waals surface area contributed by atoms with E-state index in [1.165, 1.54) is 4.31 Å². The fourth-order valence-electron chi connectivity index (χ4n) is 3.96. The Morgan fingerprint density at radius 3 is 2.33 bits per heavy atom. The normalized spacial score (nSPS) is 16.2. The Morgan fingerprint density at radius 2 is 1.70 bits per heavy atom. The first-order valence-corrected chi connectivity index (χ1v) is 13.2. The first-order valence-electron chi connectivity index (χ1n) is 11.2. The topological polar surface area (TPSA) is 95.6 Å². The summed E-state index contributed by atoms with van der Waals surface area (Å²) < 4.78 is 26.0. The van der Waals surface area contributed by atoms with Crippen LogP contribution in [0.4, 0.5) is 0 Å². The van der Waals surface area contributed by atoms with E-state index in [9.17, 15) is 18.0 Å². The summed E-state index contributed by atoms with van der Waals surface area (Å²) in [4.78, 5) is 25.7. The fraction of sp³-hybridized carbons (Fsp3) is 0.417. The molecule has 7 nitrogen and oxygen atoms in total. The molecular weight excluding hydrogens is 462 g/mol. The van der Waals surface area contributed by atoms with Gasteiger partial charge in [0.15, 0.2) is 0 Å². The molecule has 1 aliphatic rings. The van der Waals surface area contributed by atoms with Crippen LogP contribution >= 0.6 is 11.6 Å². The highest BCUT2D eigenvalue weighted by atomic mass is 35.5. The first kappa shape index (κ1) is 25.2. The average Bonchev–Trinajstić information content (AvgIpc) is 2.80. The van der Waals surface area contributed by atoms with Crippen molar-refractivity contribution in [2.24, 2.45) is 0 Å². The van der Waals surface area contributed by atoms with Crippen molar-refractivity contribution in [2.45, 2.75) is 44.7 Å². The fourth-order valence-corrected chi connectivity index (χ4v) is 5.72. The molecule has 2 aromatic rings. The molecule has 2 amide bonds. The Kier molecular flexibility index (Phi) is 8.88. The summed E-state index contributed by atoms with van der Waals surface area (Å²) in [5, 5.41) is 6.28. The largest absolute Gasteiger partial charge is 0.353 e. The van der Waals surface area contributed by atoms with Crippen LogP contribution in [0, 0.1) is 0 Å². The van der Waals surface area contributed by atoms with E-state index < -0.39 is 16.1 Å². The third kappa shape index (κ3) is 7.03. The van der Waals surface area contributed by atoms with Crippen LogP contribution in [0.2, 0.25) is 5.02 Å². The lowest BCUT2D eigenvalue weighted by molar-refractivity contribution is -0.122. The summed E-state index contributed by atoms with van der Waals surface area (Å²) >= 11 is 6.16. The molecule has 1 fully saturated rings.